The van der Waals surface area contributed by atoms with Crippen LogP contribution in [0.25, 0.3) is 0 Å². The summed E-state index contributed by atoms with van der Waals surface area (Å²) in [6.07, 6.45) is 0. The van der Waals surface area contributed by atoms with Crippen LogP contribution in [0.1, 0.15) is 19.4 Å². The zero-order valence-corrected chi connectivity index (χ0v) is 9.60. The van der Waals surface area contributed by atoms with Gasteiger partial charge < -0.3 is 16.2 Å². The average Bonchev–Trinajstić information content (AvgIpc) is 2.27. The van der Waals surface area contributed by atoms with Crippen LogP contribution >= 0.6 is 0 Å². The van der Waals surface area contributed by atoms with Crippen molar-refractivity contribution in [1.29, 1.82) is 0 Å². The molecule has 0 spiro atoms. The van der Waals surface area contributed by atoms with Gasteiger partial charge >= 0.3 is 5.97 Å². The van der Waals surface area contributed by atoms with E-state index in [2.05, 4.69) is 5.32 Å². The Bertz CT molecular complexity index is 349. The summed E-state index contributed by atoms with van der Waals surface area (Å²) < 4.78 is 0. The quantitative estimate of drug-likeness (QED) is 0.694. The Balaban J connectivity index is 2.57. The third-order valence-corrected chi connectivity index (χ3v) is 2.63. The lowest BCUT2D eigenvalue weighted by Crippen LogP contribution is -2.57. The number of carboxylic acid groups (broad SMARTS) is 1. The number of benzene rings is 1. The van der Waals surface area contributed by atoms with Gasteiger partial charge in [-0.2, -0.15) is 0 Å². The molecule has 0 bridgehead atoms. The van der Waals surface area contributed by atoms with Gasteiger partial charge in [0.1, 0.15) is 6.04 Å². The number of rotatable bonds is 5. The van der Waals surface area contributed by atoms with Gasteiger partial charge in [0, 0.05) is 12.1 Å². The lowest BCUT2D eigenvalue weighted by molar-refractivity contribution is -0.140. The van der Waals surface area contributed by atoms with Gasteiger partial charge in [-0.25, -0.2) is 0 Å². The Hall–Kier alpha value is -1.39. The Morgan fingerprint density at radius 1 is 1.44 bits per heavy atom. The summed E-state index contributed by atoms with van der Waals surface area (Å²) in [4.78, 5) is 10.8. The van der Waals surface area contributed by atoms with E-state index < -0.39 is 17.6 Å². The second-order valence-electron chi connectivity index (χ2n) is 4.38. The fraction of sp³-hybridized carbons (Fsp3) is 0.417. The maximum Gasteiger partial charge on any atom is 0.322 e. The van der Waals surface area contributed by atoms with Crippen LogP contribution < -0.4 is 11.1 Å². The third kappa shape index (κ3) is 3.32. The first-order valence-electron chi connectivity index (χ1n) is 5.21. The van der Waals surface area contributed by atoms with Crippen LogP contribution in [0, 0.1) is 0 Å². The van der Waals surface area contributed by atoms with E-state index in [1.54, 1.807) is 13.8 Å². The van der Waals surface area contributed by atoms with Crippen molar-refractivity contribution in [3.05, 3.63) is 35.9 Å². The average molecular weight is 222 g/mol. The number of aliphatic carboxylic acids is 1. The summed E-state index contributed by atoms with van der Waals surface area (Å²) in [6.45, 7) is 4.18. The first-order valence-corrected chi connectivity index (χ1v) is 5.21. The predicted molar refractivity (Wildman–Crippen MR) is 63.0 cm³/mol. The molecule has 1 aromatic carbocycles. The SMILES string of the molecule is CC(C)(NCc1ccccc1)C(N)C(=O)O. The molecule has 88 valence electrons. The molecule has 0 amide bonds. The highest BCUT2D eigenvalue weighted by atomic mass is 16.4. The summed E-state index contributed by atoms with van der Waals surface area (Å²) >= 11 is 0. The van der Waals surface area contributed by atoms with Crippen LogP contribution in [0.2, 0.25) is 0 Å². The molecular formula is C12H18N2O2. The van der Waals surface area contributed by atoms with Crippen molar-refractivity contribution >= 4 is 5.97 Å². The molecule has 0 aliphatic carbocycles. The fourth-order valence-electron chi connectivity index (χ4n) is 1.34. The lowest BCUT2D eigenvalue weighted by atomic mass is 9.95. The molecule has 1 rings (SSSR count). The molecule has 0 heterocycles. The van der Waals surface area contributed by atoms with Gasteiger partial charge in [0.2, 0.25) is 0 Å². The van der Waals surface area contributed by atoms with Crippen molar-refractivity contribution in [3.63, 3.8) is 0 Å². The maximum atomic E-state index is 10.8. The van der Waals surface area contributed by atoms with Crippen molar-refractivity contribution in [1.82, 2.24) is 5.32 Å². The van der Waals surface area contributed by atoms with Gasteiger partial charge in [0.15, 0.2) is 0 Å². The molecule has 4 N–H and O–H groups in total. The van der Waals surface area contributed by atoms with Gasteiger partial charge in [0.25, 0.3) is 0 Å². The second-order valence-corrected chi connectivity index (χ2v) is 4.38. The maximum absolute atomic E-state index is 10.8. The number of carboxylic acids is 1. The smallest absolute Gasteiger partial charge is 0.322 e. The highest BCUT2D eigenvalue weighted by Crippen LogP contribution is 2.09. The second kappa shape index (κ2) is 5.09. The first kappa shape index (κ1) is 12.7. The molecule has 0 radical (unpaired) electrons. The topological polar surface area (TPSA) is 75.3 Å². The number of hydrogen-bond donors (Lipinski definition) is 3. The fourth-order valence-corrected chi connectivity index (χ4v) is 1.34. The minimum absolute atomic E-state index is 0.606. The molecule has 1 atom stereocenters. The standard InChI is InChI=1S/C12H18N2O2/c1-12(2,10(13)11(15)16)14-8-9-6-4-3-5-7-9/h3-7,10,14H,8,13H2,1-2H3,(H,15,16). The first-order chi connectivity index (χ1) is 7.43. The van der Waals surface area contributed by atoms with Crippen LogP contribution in [-0.2, 0) is 11.3 Å². The van der Waals surface area contributed by atoms with E-state index in [4.69, 9.17) is 10.8 Å². The Labute approximate surface area is 95.5 Å². The highest BCUT2D eigenvalue weighted by Gasteiger charge is 2.31. The molecule has 4 nitrogen and oxygen atoms in total. The predicted octanol–water partition coefficient (Wildman–Crippen LogP) is 0.967. The van der Waals surface area contributed by atoms with E-state index in [0.717, 1.165) is 5.56 Å². The van der Waals surface area contributed by atoms with Crippen LogP contribution in [-0.4, -0.2) is 22.7 Å². The van der Waals surface area contributed by atoms with Crippen molar-refractivity contribution < 1.29 is 9.90 Å². The molecule has 4 heteroatoms. The summed E-state index contributed by atoms with van der Waals surface area (Å²) in [5.74, 6) is -0.995. The van der Waals surface area contributed by atoms with Gasteiger partial charge in [-0.1, -0.05) is 30.3 Å². The molecule has 0 aliphatic rings. The third-order valence-electron chi connectivity index (χ3n) is 2.63. The monoisotopic (exact) mass is 222 g/mol. The highest BCUT2D eigenvalue weighted by molar-refractivity contribution is 5.74. The Morgan fingerprint density at radius 3 is 2.50 bits per heavy atom. The van der Waals surface area contributed by atoms with Crippen molar-refractivity contribution in [2.24, 2.45) is 5.73 Å². The minimum atomic E-state index is -0.995. The van der Waals surface area contributed by atoms with Crippen molar-refractivity contribution in [2.75, 3.05) is 0 Å². The van der Waals surface area contributed by atoms with E-state index in [9.17, 15) is 4.79 Å². The summed E-state index contributed by atoms with van der Waals surface area (Å²) in [5.41, 5.74) is 6.06. The van der Waals surface area contributed by atoms with Crippen molar-refractivity contribution in [3.8, 4) is 0 Å². The van der Waals surface area contributed by atoms with E-state index >= 15 is 0 Å². The molecule has 0 saturated heterocycles. The van der Waals surface area contributed by atoms with Crippen LogP contribution in [0.4, 0.5) is 0 Å². The molecule has 0 saturated carbocycles. The molecule has 0 aromatic heterocycles. The Morgan fingerprint density at radius 2 is 2.00 bits per heavy atom. The molecule has 0 aliphatic heterocycles. The zero-order chi connectivity index (χ0) is 12.2. The molecule has 1 unspecified atom stereocenters. The van der Waals surface area contributed by atoms with E-state index in [0.29, 0.717) is 6.54 Å². The summed E-state index contributed by atoms with van der Waals surface area (Å²) in [7, 11) is 0. The van der Waals surface area contributed by atoms with E-state index in [-0.39, 0.29) is 0 Å². The summed E-state index contributed by atoms with van der Waals surface area (Å²) in [6, 6.07) is 8.88. The molecule has 16 heavy (non-hydrogen) atoms. The normalized spacial score (nSPS) is 13.4. The molecule has 0 fully saturated rings. The van der Waals surface area contributed by atoms with Crippen LogP contribution in [0.15, 0.2) is 30.3 Å². The van der Waals surface area contributed by atoms with Crippen LogP contribution in [0.3, 0.4) is 0 Å². The van der Waals surface area contributed by atoms with Gasteiger partial charge in [-0.05, 0) is 19.4 Å². The minimum Gasteiger partial charge on any atom is -0.480 e. The van der Waals surface area contributed by atoms with Gasteiger partial charge in [-0.15, -0.1) is 0 Å². The zero-order valence-electron chi connectivity index (χ0n) is 9.60. The number of carbonyl (C=O) groups is 1. The largest absolute Gasteiger partial charge is 0.480 e. The molecule has 1 aromatic rings. The van der Waals surface area contributed by atoms with Gasteiger partial charge in [0.05, 0.1) is 0 Å². The summed E-state index contributed by atoms with van der Waals surface area (Å²) in [5, 5.41) is 12.0. The molecular weight excluding hydrogens is 204 g/mol. The number of nitrogens with one attached hydrogen (secondary N) is 1. The number of nitrogens with two attached hydrogens (primary N) is 1. The van der Waals surface area contributed by atoms with Crippen LogP contribution in [0.5, 0.6) is 0 Å². The lowest BCUT2D eigenvalue weighted by Gasteiger charge is -2.30. The van der Waals surface area contributed by atoms with Gasteiger partial charge in [-0.3, -0.25) is 4.79 Å². The van der Waals surface area contributed by atoms with E-state index in [1.165, 1.54) is 0 Å². The van der Waals surface area contributed by atoms with Crippen molar-refractivity contribution in [2.45, 2.75) is 32.0 Å². The number of hydrogen-bond acceptors (Lipinski definition) is 3. The Kier molecular flexibility index (Phi) is 4.04. The van der Waals surface area contributed by atoms with E-state index in [1.807, 2.05) is 30.3 Å².